The molecule has 0 radical (unpaired) electrons. The van der Waals surface area contributed by atoms with Crippen LogP contribution < -0.4 is 5.32 Å². The van der Waals surface area contributed by atoms with Crippen molar-refractivity contribution in [1.29, 1.82) is 0 Å². The summed E-state index contributed by atoms with van der Waals surface area (Å²) in [4.78, 5) is 0. The van der Waals surface area contributed by atoms with Crippen molar-refractivity contribution < 1.29 is 5.11 Å². The predicted molar refractivity (Wildman–Crippen MR) is 69.0 cm³/mol. The number of nitrogens with one attached hydrogen (secondary N) is 1. The Kier molecular flexibility index (Phi) is 2.72. The van der Waals surface area contributed by atoms with Gasteiger partial charge in [-0.05, 0) is 43.7 Å². The highest BCUT2D eigenvalue weighted by atomic mass is 16.3. The van der Waals surface area contributed by atoms with Gasteiger partial charge in [0, 0.05) is 24.6 Å². The van der Waals surface area contributed by atoms with E-state index in [9.17, 15) is 5.11 Å². The van der Waals surface area contributed by atoms with Crippen molar-refractivity contribution in [2.45, 2.75) is 38.6 Å². The van der Waals surface area contributed by atoms with E-state index >= 15 is 0 Å². The summed E-state index contributed by atoms with van der Waals surface area (Å²) >= 11 is 0. The molecule has 92 valence electrons. The molecular formula is C15H21NO. The lowest BCUT2D eigenvalue weighted by molar-refractivity contribution is 0.204. The Morgan fingerprint density at radius 2 is 2.24 bits per heavy atom. The summed E-state index contributed by atoms with van der Waals surface area (Å²) in [6.07, 6.45) is 4.77. The van der Waals surface area contributed by atoms with Gasteiger partial charge in [0.1, 0.15) is 0 Å². The number of hydrogen-bond donors (Lipinski definition) is 2. The SMILES string of the molecule is Cc1ccc2c(c1)C(NCC1(CO)CC1)CC2. The van der Waals surface area contributed by atoms with E-state index in [0.717, 1.165) is 6.54 Å². The van der Waals surface area contributed by atoms with Crippen LogP contribution in [-0.4, -0.2) is 18.3 Å². The second kappa shape index (κ2) is 4.11. The average Bonchev–Trinajstić information content (AvgIpc) is 3.02. The molecule has 1 atom stereocenters. The maximum atomic E-state index is 9.33. The van der Waals surface area contributed by atoms with Gasteiger partial charge in [0.15, 0.2) is 0 Å². The smallest absolute Gasteiger partial charge is 0.0499 e. The Hall–Kier alpha value is -0.860. The molecule has 0 amide bonds. The summed E-state index contributed by atoms with van der Waals surface area (Å²) in [6, 6.07) is 7.30. The van der Waals surface area contributed by atoms with Gasteiger partial charge in [0.2, 0.25) is 0 Å². The van der Waals surface area contributed by atoms with Crippen molar-refractivity contribution in [1.82, 2.24) is 5.32 Å². The Morgan fingerprint density at radius 1 is 1.41 bits per heavy atom. The fourth-order valence-electron chi connectivity index (χ4n) is 2.84. The molecule has 0 spiro atoms. The van der Waals surface area contributed by atoms with Gasteiger partial charge in [-0.2, -0.15) is 0 Å². The first kappa shape index (κ1) is 11.2. The number of aliphatic hydroxyl groups excluding tert-OH is 1. The van der Waals surface area contributed by atoms with Gasteiger partial charge >= 0.3 is 0 Å². The topological polar surface area (TPSA) is 32.3 Å². The zero-order chi connectivity index (χ0) is 11.9. The Labute approximate surface area is 103 Å². The number of aryl methyl sites for hydroxylation is 2. The van der Waals surface area contributed by atoms with Crippen LogP contribution in [0.25, 0.3) is 0 Å². The number of aliphatic hydroxyl groups is 1. The maximum absolute atomic E-state index is 9.33. The third kappa shape index (κ3) is 2.12. The molecule has 2 N–H and O–H groups in total. The molecule has 1 saturated carbocycles. The molecule has 0 heterocycles. The van der Waals surface area contributed by atoms with Crippen molar-refractivity contribution in [2.75, 3.05) is 13.2 Å². The average molecular weight is 231 g/mol. The van der Waals surface area contributed by atoms with Crippen LogP contribution in [0.3, 0.4) is 0 Å². The fraction of sp³-hybridized carbons (Fsp3) is 0.600. The number of rotatable bonds is 4. The molecule has 2 aliphatic rings. The molecule has 0 bridgehead atoms. The lowest BCUT2D eigenvalue weighted by Crippen LogP contribution is -2.29. The molecule has 17 heavy (non-hydrogen) atoms. The fourth-order valence-corrected chi connectivity index (χ4v) is 2.84. The number of benzene rings is 1. The van der Waals surface area contributed by atoms with Crippen LogP contribution in [0.4, 0.5) is 0 Å². The third-order valence-corrected chi connectivity index (χ3v) is 4.40. The van der Waals surface area contributed by atoms with Crippen molar-refractivity contribution >= 4 is 0 Å². The predicted octanol–water partition coefficient (Wildman–Crippen LogP) is 2.34. The van der Waals surface area contributed by atoms with Crippen molar-refractivity contribution in [3.63, 3.8) is 0 Å². The van der Waals surface area contributed by atoms with Gasteiger partial charge in [0.25, 0.3) is 0 Å². The van der Waals surface area contributed by atoms with E-state index < -0.39 is 0 Å². The van der Waals surface area contributed by atoms with E-state index in [1.54, 1.807) is 0 Å². The minimum atomic E-state index is 0.215. The minimum Gasteiger partial charge on any atom is -0.396 e. The van der Waals surface area contributed by atoms with Crippen LogP contribution >= 0.6 is 0 Å². The zero-order valence-corrected chi connectivity index (χ0v) is 10.5. The van der Waals surface area contributed by atoms with Crippen molar-refractivity contribution in [3.05, 3.63) is 34.9 Å². The largest absolute Gasteiger partial charge is 0.396 e. The third-order valence-electron chi connectivity index (χ3n) is 4.40. The molecule has 0 saturated heterocycles. The number of fused-ring (bicyclic) bond motifs is 1. The quantitative estimate of drug-likeness (QED) is 0.833. The second-order valence-electron chi connectivity index (χ2n) is 5.83. The van der Waals surface area contributed by atoms with Crippen LogP contribution in [0.5, 0.6) is 0 Å². The van der Waals surface area contributed by atoms with Crippen LogP contribution in [-0.2, 0) is 6.42 Å². The van der Waals surface area contributed by atoms with E-state index in [1.807, 2.05) is 0 Å². The molecule has 0 aliphatic heterocycles. The summed E-state index contributed by atoms with van der Waals surface area (Å²) < 4.78 is 0. The first-order chi connectivity index (χ1) is 8.22. The molecule has 3 rings (SSSR count). The van der Waals surface area contributed by atoms with Gasteiger partial charge in [-0.15, -0.1) is 0 Å². The summed E-state index contributed by atoms with van der Waals surface area (Å²) in [5.41, 5.74) is 4.55. The normalized spacial score (nSPS) is 24.7. The molecule has 0 aromatic heterocycles. The van der Waals surface area contributed by atoms with Gasteiger partial charge in [-0.3, -0.25) is 0 Å². The van der Waals surface area contributed by atoms with E-state index in [-0.39, 0.29) is 5.41 Å². The Bertz CT molecular complexity index is 423. The highest BCUT2D eigenvalue weighted by molar-refractivity contribution is 5.37. The summed E-state index contributed by atoms with van der Waals surface area (Å²) in [5.74, 6) is 0. The van der Waals surface area contributed by atoms with Crippen LogP contribution in [0.2, 0.25) is 0 Å². The lowest BCUT2D eigenvalue weighted by atomic mass is 10.0. The van der Waals surface area contributed by atoms with Crippen LogP contribution in [0.1, 0.15) is 42.0 Å². The lowest BCUT2D eigenvalue weighted by Gasteiger charge is -2.19. The van der Waals surface area contributed by atoms with Gasteiger partial charge < -0.3 is 10.4 Å². The Morgan fingerprint density at radius 3 is 2.94 bits per heavy atom. The molecule has 1 aromatic rings. The van der Waals surface area contributed by atoms with Crippen LogP contribution in [0, 0.1) is 12.3 Å². The molecule has 2 heteroatoms. The van der Waals surface area contributed by atoms with E-state index in [1.165, 1.54) is 42.4 Å². The standard InChI is InChI=1S/C15H21NO/c1-11-2-3-12-4-5-14(13(12)8-11)16-9-15(10-17)6-7-15/h2-3,8,14,16-17H,4-7,9-10H2,1H3. The maximum Gasteiger partial charge on any atom is 0.0499 e. The van der Waals surface area contributed by atoms with Gasteiger partial charge in [-0.1, -0.05) is 23.8 Å². The molecular weight excluding hydrogens is 210 g/mol. The Balaban J connectivity index is 1.69. The number of hydrogen-bond acceptors (Lipinski definition) is 2. The first-order valence-corrected chi connectivity index (χ1v) is 6.66. The van der Waals surface area contributed by atoms with Crippen molar-refractivity contribution in [2.24, 2.45) is 5.41 Å². The monoisotopic (exact) mass is 231 g/mol. The first-order valence-electron chi connectivity index (χ1n) is 6.66. The highest BCUT2D eigenvalue weighted by Crippen LogP contribution is 2.45. The zero-order valence-electron chi connectivity index (χ0n) is 10.5. The van der Waals surface area contributed by atoms with E-state index in [0.29, 0.717) is 12.6 Å². The summed E-state index contributed by atoms with van der Waals surface area (Å²) in [5, 5.41) is 13.0. The van der Waals surface area contributed by atoms with E-state index in [4.69, 9.17) is 0 Å². The molecule has 2 nitrogen and oxygen atoms in total. The highest BCUT2D eigenvalue weighted by Gasteiger charge is 2.42. The molecule has 1 aromatic carbocycles. The van der Waals surface area contributed by atoms with Gasteiger partial charge in [0.05, 0.1) is 0 Å². The summed E-state index contributed by atoms with van der Waals surface area (Å²) in [7, 11) is 0. The summed E-state index contributed by atoms with van der Waals surface area (Å²) in [6.45, 7) is 3.47. The second-order valence-corrected chi connectivity index (χ2v) is 5.83. The van der Waals surface area contributed by atoms with E-state index in [2.05, 4.69) is 30.4 Å². The van der Waals surface area contributed by atoms with Crippen LogP contribution in [0.15, 0.2) is 18.2 Å². The minimum absolute atomic E-state index is 0.215. The van der Waals surface area contributed by atoms with Crippen molar-refractivity contribution in [3.8, 4) is 0 Å². The molecule has 1 unspecified atom stereocenters. The molecule has 1 fully saturated rings. The molecule has 2 aliphatic carbocycles. The van der Waals surface area contributed by atoms with Gasteiger partial charge in [-0.25, -0.2) is 0 Å².